The lowest BCUT2D eigenvalue weighted by Gasteiger charge is -2.15. The second-order valence-corrected chi connectivity index (χ2v) is 4.32. The van der Waals surface area contributed by atoms with Gasteiger partial charge in [-0.1, -0.05) is 19.6 Å². The van der Waals surface area contributed by atoms with Crippen LogP contribution in [0.2, 0.25) is 0 Å². The van der Waals surface area contributed by atoms with Gasteiger partial charge in [0.1, 0.15) is 12.4 Å². The van der Waals surface area contributed by atoms with Gasteiger partial charge in [0.15, 0.2) is 0 Å². The van der Waals surface area contributed by atoms with Gasteiger partial charge >= 0.3 is 12.1 Å². The van der Waals surface area contributed by atoms with Crippen LogP contribution in [0.1, 0.15) is 24.5 Å². The first kappa shape index (κ1) is 16.8. The average Bonchev–Trinajstić information content (AvgIpc) is 2.41. The van der Waals surface area contributed by atoms with E-state index in [9.17, 15) is 18.0 Å². The van der Waals surface area contributed by atoms with Crippen molar-refractivity contribution >= 4 is 12.0 Å². The van der Waals surface area contributed by atoms with Crippen molar-refractivity contribution < 1.29 is 27.8 Å². The lowest BCUT2D eigenvalue weighted by atomic mass is 10.1. The third-order valence-corrected chi connectivity index (χ3v) is 2.66. The summed E-state index contributed by atoms with van der Waals surface area (Å²) in [4.78, 5) is 10.4. The number of benzene rings is 1. The summed E-state index contributed by atoms with van der Waals surface area (Å²) in [5, 5.41) is 8.49. The van der Waals surface area contributed by atoms with Crippen molar-refractivity contribution in [2.75, 3.05) is 6.61 Å². The first-order valence-electron chi connectivity index (χ1n) is 6.15. The Hall–Kier alpha value is -2.24. The molecular weight excluding hydrogens is 285 g/mol. The molecule has 6 heteroatoms. The molecule has 3 nitrogen and oxygen atoms in total. The van der Waals surface area contributed by atoms with E-state index < -0.39 is 17.7 Å². The molecule has 1 rings (SSSR count). The number of aliphatic carboxylic acids is 1. The summed E-state index contributed by atoms with van der Waals surface area (Å²) in [5.41, 5.74) is -0.136. The normalized spacial score (nSPS) is 11.6. The Labute approximate surface area is 120 Å². The molecule has 0 fully saturated rings. The van der Waals surface area contributed by atoms with E-state index in [1.807, 2.05) is 6.92 Å². The van der Waals surface area contributed by atoms with Gasteiger partial charge in [-0.25, -0.2) is 4.79 Å². The molecule has 0 unspecified atom stereocenters. The van der Waals surface area contributed by atoms with E-state index in [1.165, 1.54) is 12.1 Å². The molecule has 0 saturated carbocycles. The Morgan fingerprint density at radius 1 is 1.43 bits per heavy atom. The van der Waals surface area contributed by atoms with Crippen molar-refractivity contribution in [3.05, 3.63) is 47.6 Å². The van der Waals surface area contributed by atoms with E-state index in [0.717, 1.165) is 18.2 Å². The van der Waals surface area contributed by atoms with Crippen LogP contribution >= 0.6 is 0 Å². The summed E-state index contributed by atoms with van der Waals surface area (Å²) in [6, 6.07) is 3.38. The van der Waals surface area contributed by atoms with Crippen LogP contribution in [0.3, 0.4) is 0 Å². The van der Waals surface area contributed by atoms with Gasteiger partial charge in [0, 0.05) is 6.08 Å². The Balaban J connectivity index is 3.08. The molecule has 0 atom stereocenters. The van der Waals surface area contributed by atoms with E-state index in [0.29, 0.717) is 12.0 Å². The van der Waals surface area contributed by atoms with Crippen molar-refractivity contribution in [1.82, 2.24) is 0 Å². The van der Waals surface area contributed by atoms with Crippen molar-refractivity contribution in [2.45, 2.75) is 19.5 Å². The van der Waals surface area contributed by atoms with Crippen LogP contribution in [0.5, 0.6) is 5.75 Å². The fraction of sp³-hybridized carbons (Fsp3) is 0.267. The number of carbonyl (C=O) groups is 1. The minimum Gasteiger partial charge on any atom is -0.489 e. The lowest BCUT2D eigenvalue weighted by molar-refractivity contribution is -0.139. The molecule has 1 aromatic carbocycles. The maximum atomic E-state index is 13.0. The molecule has 0 spiro atoms. The van der Waals surface area contributed by atoms with Gasteiger partial charge in [0.25, 0.3) is 0 Å². The molecule has 0 radical (unpaired) electrons. The molecule has 114 valence electrons. The predicted octanol–water partition coefficient (Wildman–Crippen LogP) is 4.15. The minimum atomic E-state index is -4.59. The summed E-state index contributed by atoms with van der Waals surface area (Å²) in [5.74, 6) is -1.53. The Morgan fingerprint density at radius 2 is 2.10 bits per heavy atom. The fourth-order valence-corrected chi connectivity index (χ4v) is 1.45. The Bertz CT molecular complexity index is 560. The second-order valence-electron chi connectivity index (χ2n) is 4.32. The van der Waals surface area contributed by atoms with Crippen molar-refractivity contribution in [3.8, 4) is 5.75 Å². The molecule has 0 amide bonds. The summed E-state index contributed by atoms with van der Waals surface area (Å²) in [7, 11) is 0. The van der Waals surface area contributed by atoms with Gasteiger partial charge in [-0.2, -0.15) is 13.2 Å². The van der Waals surface area contributed by atoms with Gasteiger partial charge in [-0.15, -0.1) is 0 Å². The monoisotopic (exact) mass is 300 g/mol. The number of hydrogen-bond donors (Lipinski definition) is 1. The zero-order chi connectivity index (χ0) is 16.0. The van der Waals surface area contributed by atoms with Crippen LogP contribution in [0.15, 0.2) is 36.4 Å². The van der Waals surface area contributed by atoms with Crippen molar-refractivity contribution in [2.24, 2.45) is 0 Å². The number of rotatable bonds is 6. The van der Waals surface area contributed by atoms with Crippen LogP contribution in [0.4, 0.5) is 13.2 Å². The summed E-state index contributed by atoms with van der Waals surface area (Å²) in [6.45, 7) is 5.50. The molecule has 0 aromatic heterocycles. The van der Waals surface area contributed by atoms with Crippen LogP contribution in [-0.4, -0.2) is 17.7 Å². The quantitative estimate of drug-likeness (QED) is 0.634. The highest BCUT2D eigenvalue weighted by molar-refractivity contribution is 5.85. The number of ether oxygens (including phenoxy) is 1. The molecule has 0 aliphatic heterocycles. The smallest absolute Gasteiger partial charge is 0.419 e. The van der Waals surface area contributed by atoms with E-state index in [2.05, 4.69) is 6.58 Å². The van der Waals surface area contributed by atoms with Gasteiger partial charge < -0.3 is 9.84 Å². The molecule has 0 heterocycles. The van der Waals surface area contributed by atoms with Crippen LogP contribution in [0.25, 0.3) is 6.08 Å². The molecule has 0 bridgehead atoms. The van der Waals surface area contributed by atoms with E-state index >= 15 is 0 Å². The highest BCUT2D eigenvalue weighted by atomic mass is 19.4. The predicted molar refractivity (Wildman–Crippen MR) is 73.0 cm³/mol. The molecule has 1 N–H and O–H groups in total. The first-order chi connectivity index (χ1) is 9.74. The van der Waals surface area contributed by atoms with Gasteiger partial charge in [-0.3, -0.25) is 0 Å². The molecule has 0 aliphatic carbocycles. The highest BCUT2D eigenvalue weighted by Gasteiger charge is 2.34. The standard InChI is InChI=1S/C15H15F3O3/c1-3-10(2)9-21-13-6-4-11(5-7-14(19)20)8-12(13)15(16,17)18/h4-8H,2-3,9H2,1H3,(H,19,20). The second kappa shape index (κ2) is 6.97. The average molecular weight is 300 g/mol. The molecule has 21 heavy (non-hydrogen) atoms. The van der Waals surface area contributed by atoms with Crippen molar-refractivity contribution in [1.29, 1.82) is 0 Å². The lowest BCUT2D eigenvalue weighted by Crippen LogP contribution is -2.10. The summed E-state index contributed by atoms with van der Waals surface area (Å²) in [6.07, 6.45) is -2.11. The number of carboxylic acids is 1. The van der Waals surface area contributed by atoms with Crippen LogP contribution < -0.4 is 4.74 Å². The number of carboxylic acid groups (broad SMARTS) is 1. The topological polar surface area (TPSA) is 46.5 Å². The molecular formula is C15H15F3O3. The minimum absolute atomic E-state index is 0.00386. The van der Waals surface area contributed by atoms with Gasteiger partial charge in [0.05, 0.1) is 5.56 Å². The summed E-state index contributed by atoms with van der Waals surface area (Å²) < 4.78 is 44.1. The SMILES string of the molecule is C=C(CC)COc1ccc(C=CC(=O)O)cc1C(F)(F)F. The van der Waals surface area contributed by atoms with Crippen LogP contribution in [0, 0.1) is 0 Å². The van der Waals surface area contributed by atoms with E-state index in [-0.39, 0.29) is 17.9 Å². The van der Waals surface area contributed by atoms with Gasteiger partial charge in [-0.05, 0) is 35.8 Å². The molecule has 0 aliphatic rings. The molecule has 1 aromatic rings. The Kier molecular flexibility index (Phi) is 5.58. The fourth-order valence-electron chi connectivity index (χ4n) is 1.45. The third-order valence-electron chi connectivity index (χ3n) is 2.66. The Morgan fingerprint density at radius 3 is 2.62 bits per heavy atom. The maximum Gasteiger partial charge on any atom is 0.419 e. The van der Waals surface area contributed by atoms with Gasteiger partial charge in [0.2, 0.25) is 0 Å². The number of halogens is 3. The summed E-state index contributed by atoms with van der Waals surface area (Å²) >= 11 is 0. The van der Waals surface area contributed by atoms with E-state index in [1.54, 1.807) is 0 Å². The molecule has 0 saturated heterocycles. The van der Waals surface area contributed by atoms with Crippen LogP contribution in [-0.2, 0) is 11.0 Å². The van der Waals surface area contributed by atoms with Crippen molar-refractivity contribution in [3.63, 3.8) is 0 Å². The number of hydrogen-bond acceptors (Lipinski definition) is 2. The van der Waals surface area contributed by atoms with E-state index in [4.69, 9.17) is 9.84 Å². The zero-order valence-corrected chi connectivity index (χ0v) is 11.4. The first-order valence-corrected chi connectivity index (χ1v) is 6.15. The number of alkyl halides is 3. The highest BCUT2D eigenvalue weighted by Crippen LogP contribution is 2.37. The largest absolute Gasteiger partial charge is 0.489 e. The maximum absolute atomic E-state index is 13.0. The zero-order valence-electron chi connectivity index (χ0n) is 11.4. The third kappa shape index (κ3) is 5.33.